The number of nitrogens with one attached hydrogen (secondary N) is 1. The molecule has 1 aromatic heterocycles. The number of aryl methyl sites for hydroxylation is 2. The Hall–Kier alpha value is -1.66. The largest absolute Gasteiger partial charge is 0.446 e. The molecule has 1 aromatic carbocycles. The third-order valence-corrected chi connectivity index (χ3v) is 4.22. The van der Waals surface area contributed by atoms with Gasteiger partial charge in [0.25, 0.3) is 0 Å². The van der Waals surface area contributed by atoms with E-state index < -0.39 is 10.0 Å². The van der Waals surface area contributed by atoms with Crippen molar-refractivity contribution in [2.75, 3.05) is 12.3 Å². The van der Waals surface area contributed by atoms with Crippen LogP contribution in [0.15, 0.2) is 40.9 Å². The molecule has 2 aromatic rings. The molecule has 0 unspecified atom stereocenters. The molecule has 0 saturated heterocycles. The molecular formula is C14H18N2O3S. The van der Waals surface area contributed by atoms with Crippen molar-refractivity contribution in [2.45, 2.75) is 19.8 Å². The Morgan fingerprint density at radius 3 is 2.60 bits per heavy atom. The summed E-state index contributed by atoms with van der Waals surface area (Å²) in [4.78, 5) is 4.03. The minimum Gasteiger partial charge on any atom is -0.446 e. The fourth-order valence-electron chi connectivity index (χ4n) is 1.80. The Kier molecular flexibility index (Phi) is 4.92. The average molecular weight is 294 g/mol. The highest BCUT2D eigenvalue weighted by Gasteiger charge is 2.10. The van der Waals surface area contributed by atoms with E-state index >= 15 is 0 Å². The Balaban J connectivity index is 1.76. The van der Waals surface area contributed by atoms with E-state index in [0.717, 1.165) is 11.3 Å². The van der Waals surface area contributed by atoms with Gasteiger partial charge < -0.3 is 4.42 Å². The lowest BCUT2D eigenvalue weighted by atomic mass is 10.2. The van der Waals surface area contributed by atoms with Gasteiger partial charge in [-0.25, -0.2) is 18.1 Å². The molecule has 0 amide bonds. The fraction of sp³-hybridized carbons (Fsp3) is 0.357. The molecule has 0 aliphatic carbocycles. The van der Waals surface area contributed by atoms with E-state index in [0.29, 0.717) is 25.3 Å². The van der Waals surface area contributed by atoms with Gasteiger partial charge in [-0.3, -0.25) is 0 Å². The molecule has 6 heteroatoms. The second-order valence-corrected chi connectivity index (χ2v) is 6.49. The Morgan fingerprint density at radius 2 is 1.95 bits per heavy atom. The van der Waals surface area contributed by atoms with Crippen molar-refractivity contribution in [1.82, 2.24) is 9.71 Å². The van der Waals surface area contributed by atoms with Gasteiger partial charge in [0.05, 0.1) is 11.9 Å². The van der Waals surface area contributed by atoms with Crippen molar-refractivity contribution in [3.63, 3.8) is 0 Å². The van der Waals surface area contributed by atoms with Crippen LogP contribution in [0.3, 0.4) is 0 Å². The molecule has 0 aliphatic heterocycles. The maximum absolute atomic E-state index is 11.8. The zero-order valence-electron chi connectivity index (χ0n) is 11.4. The van der Waals surface area contributed by atoms with Crippen LogP contribution in [0, 0.1) is 6.92 Å². The first kappa shape index (κ1) is 14.7. The number of hydrogen-bond donors (Lipinski definition) is 1. The lowest BCUT2D eigenvalue weighted by Gasteiger charge is -2.05. The summed E-state index contributed by atoms with van der Waals surface area (Å²) >= 11 is 0. The lowest BCUT2D eigenvalue weighted by molar-refractivity contribution is 0.469. The highest BCUT2D eigenvalue weighted by atomic mass is 32.2. The summed E-state index contributed by atoms with van der Waals surface area (Å²) in [6.45, 7) is 2.11. The molecule has 2 rings (SSSR count). The van der Waals surface area contributed by atoms with E-state index in [4.69, 9.17) is 4.42 Å². The maximum Gasteiger partial charge on any atom is 0.211 e. The van der Waals surface area contributed by atoms with Gasteiger partial charge in [0.1, 0.15) is 5.76 Å². The molecule has 0 atom stereocenters. The van der Waals surface area contributed by atoms with Crippen molar-refractivity contribution in [3.8, 4) is 0 Å². The van der Waals surface area contributed by atoms with E-state index in [1.165, 1.54) is 0 Å². The Bertz CT molecular complexity index is 635. The molecule has 0 fully saturated rings. The predicted octanol–water partition coefficient (Wildman–Crippen LogP) is 1.69. The molecule has 0 radical (unpaired) electrons. The second-order valence-electron chi connectivity index (χ2n) is 4.56. The number of oxazole rings is 1. The number of sulfonamides is 1. The number of benzene rings is 1. The predicted molar refractivity (Wildman–Crippen MR) is 76.9 cm³/mol. The van der Waals surface area contributed by atoms with Crippen LogP contribution < -0.4 is 4.72 Å². The summed E-state index contributed by atoms with van der Waals surface area (Å²) in [6.07, 6.45) is 2.59. The third kappa shape index (κ3) is 4.79. The molecule has 0 aliphatic rings. The van der Waals surface area contributed by atoms with Crippen molar-refractivity contribution in [3.05, 3.63) is 53.7 Å². The molecule has 20 heavy (non-hydrogen) atoms. The Labute approximate surface area is 119 Å². The normalized spacial score (nSPS) is 11.7. The molecule has 5 nitrogen and oxygen atoms in total. The van der Waals surface area contributed by atoms with E-state index in [2.05, 4.69) is 9.71 Å². The minimum absolute atomic E-state index is 0.0849. The molecule has 0 spiro atoms. The second kappa shape index (κ2) is 6.67. The number of nitrogens with zero attached hydrogens (tertiary/aromatic N) is 1. The van der Waals surface area contributed by atoms with Crippen LogP contribution in [-0.2, 0) is 22.9 Å². The van der Waals surface area contributed by atoms with E-state index in [9.17, 15) is 8.42 Å². The van der Waals surface area contributed by atoms with Crippen LogP contribution in [0.1, 0.15) is 17.2 Å². The van der Waals surface area contributed by atoms with Crippen molar-refractivity contribution >= 4 is 10.0 Å². The van der Waals surface area contributed by atoms with Crippen LogP contribution in [0.25, 0.3) is 0 Å². The summed E-state index contributed by atoms with van der Waals surface area (Å²) < 4.78 is 31.5. The topological polar surface area (TPSA) is 72.2 Å². The van der Waals surface area contributed by atoms with Crippen LogP contribution in [-0.4, -0.2) is 25.7 Å². The molecule has 0 bridgehead atoms. The molecular weight excluding hydrogens is 276 g/mol. The molecule has 0 saturated carbocycles. The summed E-state index contributed by atoms with van der Waals surface area (Å²) in [6, 6.07) is 9.56. The zero-order chi connectivity index (χ0) is 14.4. The SMILES string of the molecule is Cc1cnc(CCNS(=O)(=O)CCc2ccccc2)o1. The van der Waals surface area contributed by atoms with Crippen molar-refractivity contribution in [2.24, 2.45) is 0 Å². The lowest BCUT2D eigenvalue weighted by Crippen LogP contribution is -2.29. The Morgan fingerprint density at radius 1 is 1.20 bits per heavy atom. The number of hydrogen-bond acceptors (Lipinski definition) is 4. The van der Waals surface area contributed by atoms with Crippen LogP contribution in [0.5, 0.6) is 0 Å². The van der Waals surface area contributed by atoms with Gasteiger partial charge in [-0.05, 0) is 18.9 Å². The van der Waals surface area contributed by atoms with Crippen LogP contribution in [0.2, 0.25) is 0 Å². The van der Waals surface area contributed by atoms with Gasteiger partial charge in [-0.15, -0.1) is 0 Å². The van der Waals surface area contributed by atoms with Crippen molar-refractivity contribution in [1.29, 1.82) is 0 Å². The van der Waals surface area contributed by atoms with Crippen LogP contribution in [0.4, 0.5) is 0 Å². The summed E-state index contributed by atoms with van der Waals surface area (Å²) in [5.41, 5.74) is 1.02. The van der Waals surface area contributed by atoms with Gasteiger partial charge in [0.15, 0.2) is 5.89 Å². The van der Waals surface area contributed by atoms with Gasteiger partial charge in [0, 0.05) is 13.0 Å². The maximum atomic E-state index is 11.8. The molecule has 108 valence electrons. The number of aromatic nitrogens is 1. The number of rotatable bonds is 7. The molecule has 1 heterocycles. The first-order chi connectivity index (χ1) is 9.55. The van der Waals surface area contributed by atoms with Crippen molar-refractivity contribution < 1.29 is 12.8 Å². The summed E-state index contributed by atoms with van der Waals surface area (Å²) in [7, 11) is -3.26. The standard InChI is InChI=1S/C14H18N2O3S/c1-12-11-15-14(19-12)7-9-16-20(17,18)10-8-13-5-3-2-4-6-13/h2-6,11,16H,7-10H2,1H3. The first-order valence-electron chi connectivity index (χ1n) is 6.48. The van der Waals surface area contributed by atoms with Crippen LogP contribution >= 0.6 is 0 Å². The zero-order valence-corrected chi connectivity index (χ0v) is 12.2. The van der Waals surface area contributed by atoms with Gasteiger partial charge in [-0.1, -0.05) is 30.3 Å². The first-order valence-corrected chi connectivity index (χ1v) is 8.13. The van der Waals surface area contributed by atoms with E-state index in [1.54, 1.807) is 13.1 Å². The highest BCUT2D eigenvalue weighted by Crippen LogP contribution is 2.03. The minimum atomic E-state index is -3.26. The summed E-state index contributed by atoms with van der Waals surface area (Å²) in [5, 5.41) is 0. The molecule has 1 N–H and O–H groups in total. The fourth-order valence-corrected chi connectivity index (χ4v) is 2.86. The van der Waals surface area contributed by atoms with Gasteiger partial charge >= 0.3 is 0 Å². The van der Waals surface area contributed by atoms with E-state index in [1.807, 2.05) is 30.3 Å². The average Bonchev–Trinajstić information content (AvgIpc) is 2.83. The van der Waals surface area contributed by atoms with Gasteiger partial charge in [0.2, 0.25) is 10.0 Å². The third-order valence-electron chi connectivity index (χ3n) is 2.83. The summed E-state index contributed by atoms with van der Waals surface area (Å²) in [5.74, 6) is 1.36. The smallest absolute Gasteiger partial charge is 0.211 e. The van der Waals surface area contributed by atoms with E-state index in [-0.39, 0.29) is 5.75 Å². The highest BCUT2D eigenvalue weighted by molar-refractivity contribution is 7.89. The monoisotopic (exact) mass is 294 g/mol. The van der Waals surface area contributed by atoms with Gasteiger partial charge in [-0.2, -0.15) is 0 Å². The quantitative estimate of drug-likeness (QED) is 0.843.